The van der Waals surface area contributed by atoms with Crippen LogP contribution in [0.5, 0.6) is 23.0 Å². The van der Waals surface area contributed by atoms with Crippen molar-refractivity contribution in [2.75, 3.05) is 7.11 Å². The molecule has 0 N–H and O–H groups in total. The van der Waals surface area contributed by atoms with Gasteiger partial charge in [0.1, 0.15) is 22.8 Å². The zero-order chi connectivity index (χ0) is 27.7. The van der Waals surface area contributed by atoms with Crippen LogP contribution in [0, 0.1) is 6.92 Å². The number of carbonyl (C=O) groups is 1. The standard InChI is InChI=1S/C29H28F3NO5/c1-5-28(3,27(34)35)38-23-8-6-7-19(15-23)17-33-18(2)26(37-22-12-10-21(36-4)11-13-22)24-14-9-20(16-25(24)33)29(30,31)32/h6-16H,5,17H2,1-4H3,(H,34,35)/p-1. The van der Waals surface area contributed by atoms with Gasteiger partial charge < -0.3 is 28.7 Å². The zero-order valence-corrected chi connectivity index (χ0v) is 21.4. The van der Waals surface area contributed by atoms with Gasteiger partial charge in [0.05, 0.1) is 29.9 Å². The number of fused-ring (bicyclic) bond motifs is 1. The summed E-state index contributed by atoms with van der Waals surface area (Å²) in [5, 5.41) is 12.1. The first-order chi connectivity index (χ1) is 17.9. The van der Waals surface area contributed by atoms with Crippen LogP contribution in [0.4, 0.5) is 13.2 Å². The number of nitrogens with zero attached hydrogens (tertiary/aromatic N) is 1. The predicted molar refractivity (Wildman–Crippen MR) is 135 cm³/mol. The van der Waals surface area contributed by atoms with Crippen LogP contribution < -0.4 is 19.3 Å². The van der Waals surface area contributed by atoms with Crippen molar-refractivity contribution in [3.63, 3.8) is 0 Å². The molecule has 4 aromatic rings. The van der Waals surface area contributed by atoms with Gasteiger partial charge in [-0.25, -0.2) is 0 Å². The van der Waals surface area contributed by atoms with Gasteiger partial charge in [-0.2, -0.15) is 13.2 Å². The van der Waals surface area contributed by atoms with E-state index in [2.05, 4.69) is 0 Å². The first-order valence-electron chi connectivity index (χ1n) is 12.0. The van der Waals surface area contributed by atoms with Gasteiger partial charge in [0.25, 0.3) is 0 Å². The Morgan fingerprint density at radius 3 is 2.26 bits per heavy atom. The average molecular weight is 527 g/mol. The Hall–Kier alpha value is -4.14. The molecule has 0 saturated heterocycles. The minimum absolute atomic E-state index is 0.188. The molecule has 0 aliphatic rings. The van der Waals surface area contributed by atoms with Crippen LogP contribution >= 0.6 is 0 Å². The maximum atomic E-state index is 13.6. The fourth-order valence-electron chi connectivity index (χ4n) is 4.12. The maximum absolute atomic E-state index is 13.6. The summed E-state index contributed by atoms with van der Waals surface area (Å²) >= 11 is 0. The molecule has 4 rings (SSSR count). The quantitative estimate of drug-likeness (QED) is 0.263. The lowest BCUT2D eigenvalue weighted by molar-refractivity contribution is -0.321. The van der Waals surface area contributed by atoms with E-state index in [1.165, 1.54) is 13.0 Å². The number of halogens is 3. The highest BCUT2D eigenvalue weighted by atomic mass is 19.4. The Morgan fingerprint density at radius 1 is 0.974 bits per heavy atom. The van der Waals surface area contributed by atoms with Crippen molar-refractivity contribution in [3.05, 3.63) is 83.6 Å². The molecule has 3 aromatic carbocycles. The number of methoxy groups -OCH3 is 1. The van der Waals surface area contributed by atoms with Gasteiger partial charge >= 0.3 is 6.18 Å². The summed E-state index contributed by atoms with van der Waals surface area (Å²) in [5.41, 5.74) is -0.623. The number of benzene rings is 3. The Morgan fingerprint density at radius 2 is 1.66 bits per heavy atom. The van der Waals surface area contributed by atoms with Crippen LogP contribution in [0.1, 0.15) is 37.1 Å². The van der Waals surface area contributed by atoms with E-state index in [1.807, 2.05) is 0 Å². The largest absolute Gasteiger partial charge is 0.546 e. The molecule has 9 heteroatoms. The topological polar surface area (TPSA) is 72.8 Å². The third-order valence-electron chi connectivity index (χ3n) is 6.56. The fraction of sp³-hybridized carbons (Fsp3) is 0.276. The Bertz CT molecular complexity index is 1460. The second kappa shape index (κ2) is 10.3. The molecule has 0 amide bonds. The molecule has 1 unspecified atom stereocenters. The summed E-state index contributed by atoms with van der Waals surface area (Å²) in [5.74, 6) is 0.561. The Labute approximate surface area is 218 Å². The predicted octanol–water partition coefficient (Wildman–Crippen LogP) is 6.12. The van der Waals surface area contributed by atoms with Crippen molar-refractivity contribution >= 4 is 16.9 Å². The Kier molecular flexibility index (Phi) is 7.31. The van der Waals surface area contributed by atoms with Crippen LogP contribution in [0.15, 0.2) is 66.7 Å². The van der Waals surface area contributed by atoms with Crippen molar-refractivity contribution in [2.24, 2.45) is 0 Å². The number of carbonyl (C=O) groups excluding carboxylic acids is 1. The number of hydrogen-bond donors (Lipinski definition) is 0. The first-order valence-corrected chi connectivity index (χ1v) is 12.0. The summed E-state index contributed by atoms with van der Waals surface area (Å²) in [6.45, 7) is 5.08. The molecular formula is C29H27F3NO5-. The number of aliphatic carboxylic acids is 1. The molecule has 0 radical (unpaired) electrons. The smallest absolute Gasteiger partial charge is 0.416 e. The molecule has 1 atom stereocenters. The molecule has 0 saturated carbocycles. The first kappa shape index (κ1) is 26.9. The van der Waals surface area contributed by atoms with E-state index in [1.54, 1.807) is 74.1 Å². The molecule has 0 aliphatic heterocycles. The lowest BCUT2D eigenvalue weighted by atomic mass is 10.0. The minimum Gasteiger partial charge on any atom is -0.546 e. The van der Waals surface area contributed by atoms with Gasteiger partial charge in [-0.05, 0) is 80.4 Å². The fourth-order valence-corrected chi connectivity index (χ4v) is 4.12. The minimum atomic E-state index is -4.52. The van der Waals surface area contributed by atoms with Crippen molar-refractivity contribution in [1.82, 2.24) is 4.57 Å². The molecule has 0 aliphatic carbocycles. The van der Waals surface area contributed by atoms with Crippen LogP contribution in [0.25, 0.3) is 10.9 Å². The van der Waals surface area contributed by atoms with Crippen molar-refractivity contribution < 1.29 is 37.3 Å². The number of alkyl halides is 3. The normalized spacial score (nSPS) is 13.2. The van der Waals surface area contributed by atoms with E-state index in [0.717, 1.165) is 12.1 Å². The number of rotatable bonds is 9. The van der Waals surface area contributed by atoms with Gasteiger partial charge in [0, 0.05) is 11.9 Å². The monoisotopic (exact) mass is 526 g/mol. The van der Waals surface area contributed by atoms with Gasteiger partial charge in [-0.1, -0.05) is 19.1 Å². The van der Waals surface area contributed by atoms with E-state index < -0.39 is 23.3 Å². The maximum Gasteiger partial charge on any atom is 0.416 e. The van der Waals surface area contributed by atoms with E-state index in [9.17, 15) is 23.1 Å². The highest BCUT2D eigenvalue weighted by Crippen LogP contribution is 2.40. The molecule has 1 aromatic heterocycles. The number of carboxylic acid groups (broad SMARTS) is 1. The summed E-state index contributed by atoms with van der Waals surface area (Å²) < 4.78 is 59.5. The van der Waals surface area contributed by atoms with E-state index in [0.29, 0.717) is 45.2 Å². The molecule has 200 valence electrons. The van der Waals surface area contributed by atoms with Crippen LogP contribution in [-0.2, 0) is 17.5 Å². The van der Waals surface area contributed by atoms with Gasteiger partial charge in [-0.15, -0.1) is 0 Å². The molecule has 1 heterocycles. The number of hydrogen-bond acceptors (Lipinski definition) is 5. The van der Waals surface area contributed by atoms with Crippen LogP contribution in [0.2, 0.25) is 0 Å². The zero-order valence-electron chi connectivity index (χ0n) is 21.4. The van der Waals surface area contributed by atoms with Crippen molar-refractivity contribution in [3.8, 4) is 23.0 Å². The average Bonchev–Trinajstić information content (AvgIpc) is 3.14. The highest BCUT2D eigenvalue weighted by Gasteiger charge is 2.32. The molecule has 6 nitrogen and oxygen atoms in total. The number of aromatic nitrogens is 1. The molecular weight excluding hydrogens is 499 g/mol. The summed E-state index contributed by atoms with van der Waals surface area (Å²) in [6, 6.07) is 17.2. The number of carboxylic acids is 1. The summed E-state index contributed by atoms with van der Waals surface area (Å²) in [4.78, 5) is 11.6. The third kappa shape index (κ3) is 5.41. The lowest BCUT2D eigenvalue weighted by Crippen LogP contribution is -2.49. The highest BCUT2D eigenvalue weighted by molar-refractivity contribution is 5.89. The van der Waals surface area contributed by atoms with Gasteiger partial charge in [0.2, 0.25) is 0 Å². The molecule has 0 spiro atoms. The summed E-state index contributed by atoms with van der Waals surface area (Å²) in [7, 11) is 1.55. The van der Waals surface area contributed by atoms with Crippen molar-refractivity contribution in [2.45, 2.75) is 45.5 Å². The van der Waals surface area contributed by atoms with Crippen LogP contribution in [0.3, 0.4) is 0 Å². The molecule has 38 heavy (non-hydrogen) atoms. The second-order valence-electron chi connectivity index (χ2n) is 9.13. The van der Waals surface area contributed by atoms with Gasteiger partial charge in [-0.3, -0.25) is 0 Å². The van der Waals surface area contributed by atoms with Crippen molar-refractivity contribution in [1.29, 1.82) is 0 Å². The molecule has 0 bridgehead atoms. The molecule has 0 fully saturated rings. The summed E-state index contributed by atoms with van der Waals surface area (Å²) in [6.07, 6.45) is -4.33. The number of ether oxygens (including phenoxy) is 3. The lowest BCUT2D eigenvalue weighted by Gasteiger charge is -2.30. The van der Waals surface area contributed by atoms with Crippen LogP contribution in [-0.4, -0.2) is 23.2 Å². The third-order valence-corrected chi connectivity index (χ3v) is 6.56. The SMILES string of the molecule is CCC(C)(Oc1cccc(Cn2c(C)c(Oc3ccc(OC)cc3)c3ccc(C(F)(F)F)cc32)c1)C(=O)[O-]. The van der Waals surface area contributed by atoms with E-state index >= 15 is 0 Å². The van der Waals surface area contributed by atoms with E-state index in [-0.39, 0.29) is 13.0 Å². The van der Waals surface area contributed by atoms with Gasteiger partial charge in [0.15, 0.2) is 5.75 Å². The Balaban J connectivity index is 1.77. The van der Waals surface area contributed by atoms with E-state index in [4.69, 9.17) is 14.2 Å². The second-order valence-corrected chi connectivity index (χ2v) is 9.13.